The number of carbonyl (C=O) groups excluding carboxylic acids is 1. The molecule has 1 heterocycles. The molecule has 0 saturated carbocycles. The molecule has 3 nitrogen and oxygen atoms in total. The number of methoxy groups -OCH3 is 1. The van der Waals surface area contributed by atoms with Crippen molar-refractivity contribution in [2.75, 3.05) is 13.7 Å². The van der Waals surface area contributed by atoms with Crippen molar-refractivity contribution >= 4 is 5.97 Å². The van der Waals surface area contributed by atoms with Gasteiger partial charge in [-0.05, 0) is 23.5 Å². The lowest BCUT2D eigenvalue weighted by Crippen LogP contribution is -2.57. The van der Waals surface area contributed by atoms with E-state index in [-0.39, 0.29) is 5.97 Å². The number of carbonyl (C=O) groups is 1. The molecule has 23 heavy (non-hydrogen) atoms. The highest BCUT2D eigenvalue weighted by atomic mass is 16.5. The largest absolute Gasteiger partial charge is 0.469 e. The fourth-order valence-electron chi connectivity index (χ4n) is 3.37. The van der Waals surface area contributed by atoms with Gasteiger partial charge in [0.05, 0.1) is 13.5 Å². The first-order valence-corrected chi connectivity index (χ1v) is 8.15. The first-order valence-electron chi connectivity index (χ1n) is 8.15. The third-order valence-electron chi connectivity index (χ3n) is 4.65. The van der Waals surface area contributed by atoms with Crippen LogP contribution in [0.25, 0.3) is 0 Å². The Morgan fingerprint density at radius 2 is 1.65 bits per heavy atom. The predicted molar refractivity (Wildman–Crippen MR) is 90.9 cm³/mol. The lowest BCUT2D eigenvalue weighted by atomic mass is 9.81. The summed E-state index contributed by atoms with van der Waals surface area (Å²) in [5, 5.41) is 0. The van der Waals surface area contributed by atoms with Crippen LogP contribution in [0.15, 0.2) is 60.7 Å². The number of esters is 1. The minimum Gasteiger partial charge on any atom is -0.469 e. The summed E-state index contributed by atoms with van der Waals surface area (Å²) in [7, 11) is 1.47. The maximum atomic E-state index is 11.6. The van der Waals surface area contributed by atoms with Crippen LogP contribution >= 0.6 is 0 Å². The molecule has 0 amide bonds. The molecule has 0 radical (unpaired) electrons. The molecule has 0 spiro atoms. The Kier molecular flexibility index (Phi) is 5.09. The molecule has 2 aromatic carbocycles. The van der Waals surface area contributed by atoms with Gasteiger partial charge in [0.15, 0.2) is 0 Å². The Labute approximate surface area is 137 Å². The average molecular weight is 309 g/mol. The van der Waals surface area contributed by atoms with E-state index in [1.165, 1.54) is 18.2 Å². The molecular weight excluding hydrogens is 286 g/mol. The van der Waals surface area contributed by atoms with Crippen LogP contribution in [-0.4, -0.2) is 30.6 Å². The van der Waals surface area contributed by atoms with E-state index in [2.05, 4.69) is 53.4 Å². The Bertz CT molecular complexity index is 627. The van der Waals surface area contributed by atoms with Crippen LogP contribution in [-0.2, 0) is 22.5 Å². The summed E-state index contributed by atoms with van der Waals surface area (Å²) in [6, 6.07) is 21.4. The maximum absolute atomic E-state index is 11.6. The Morgan fingerprint density at radius 1 is 1.04 bits per heavy atom. The minimum absolute atomic E-state index is 0.104. The topological polar surface area (TPSA) is 29.5 Å². The van der Waals surface area contributed by atoms with E-state index < -0.39 is 0 Å². The van der Waals surface area contributed by atoms with Crippen LogP contribution in [0, 0.1) is 5.92 Å². The standard InChI is InChI=1S/C20H23NO2/c1-23-20(22)13-18-15-21(14-17-10-6-3-7-11-17)19(18)12-16-8-4-2-5-9-16/h2-11,18-19H,12-15H2,1H3. The molecule has 120 valence electrons. The van der Waals surface area contributed by atoms with Crippen molar-refractivity contribution < 1.29 is 9.53 Å². The van der Waals surface area contributed by atoms with Crippen LogP contribution < -0.4 is 0 Å². The van der Waals surface area contributed by atoms with E-state index in [9.17, 15) is 4.79 Å². The Balaban J connectivity index is 1.68. The van der Waals surface area contributed by atoms with Crippen molar-refractivity contribution in [3.63, 3.8) is 0 Å². The van der Waals surface area contributed by atoms with Crippen molar-refractivity contribution in [3.8, 4) is 0 Å². The van der Waals surface area contributed by atoms with Gasteiger partial charge in [0.25, 0.3) is 0 Å². The highest BCUT2D eigenvalue weighted by Crippen LogP contribution is 2.32. The summed E-state index contributed by atoms with van der Waals surface area (Å²) in [5.74, 6) is 0.277. The van der Waals surface area contributed by atoms with E-state index in [0.29, 0.717) is 18.4 Å². The normalized spacial score (nSPS) is 20.7. The van der Waals surface area contributed by atoms with Gasteiger partial charge < -0.3 is 4.74 Å². The summed E-state index contributed by atoms with van der Waals surface area (Å²) in [6.45, 7) is 1.90. The molecule has 0 aliphatic carbocycles. The van der Waals surface area contributed by atoms with Gasteiger partial charge in [-0.25, -0.2) is 0 Å². The first kappa shape index (κ1) is 15.8. The number of rotatable bonds is 6. The second kappa shape index (κ2) is 7.42. The number of likely N-dealkylation sites (tertiary alicyclic amines) is 1. The number of nitrogens with zero attached hydrogens (tertiary/aromatic N) is 1. The molecule has 2 unspecified atom stereocenters. The quantitative estimate of drug-likeness (QED) is 0.767. The van der Waals surface area contributed by atoms with Crippen LogP contribution in [0.4, 0.5) is 0 Å². The monoisotopic (exact) mass is 309 g/mol. The van der Waals surface area contributed by atoms with Crippen molar-refractivity contribution in [2.45, 2.75) is 25.4 Å². The molecule has 0 bridgehead atoms. The molecule has 1 saturated heterocycles. The molecule has 1 aliphatic heterocycles. The third kappa shape index (κ3) is 3.99. The zero-order chi connectivity index (χ0) is 16.1. The van der Waals surface area contributed by atoms with Crippen molar-refractivity contribution in [1.29, 1.82) is 0 Å². The fourth-order valence-corrected chi connectivity index (χ4v) is 3.37. The lowest BCUT2D eigenvalue weighted by Gasteiger charge is -2.48. The maximum Gasteiger partial charge on any atom is 0.305 e. The minimum atomic E-state index is -0.104. The van der Waals surface area contributed by atoms with Crippen LogP contribution in [0.2, 0.25) is 0 Å². The number of benzene rings is 2. The number of ether oxygens (including phenoxy) is 1. The van der Waals surface area contributed by atoms with E-state index in [1.54, 1.807) is 0 Å². The number of hydrogen-bond acceptors (Lipinski definition) is 3. The second-order valence-corrected chi connectivity index (χ2v) is 6.21. The highest BCUT2D eigenvalue weighted by Gasteiger charge is 2.39. The van der Waals surface area contributed by atoms with Crippen LogP contribution in [0.5, 0.6) is 0 Å². The second-order valence-electron chi connectivity index (χ2n) is 6.21. The number of hydrogen-bond donors (Lipinski definition) is 0. The van der Waals surface area contributed by atoms with Gasteiger partial charge in [0.1, 0.15) is 0 Å². The molecule has 0 aromatic heterocycles. The van der Waals surface area contributed by atoms with Crippen molar-refractivity contribution in [1.82, 2.24) is 4.90 Å². The molecule has 1 fully saturated rings. The highest BCUT2D eigenvalue weighted by molar-refractivity contribution is 5.69. The SMILES string of the molecule is COC(=O)CC1CN(Cc2ccccc2)C1Cc1ccccc1. The van der Waals surface area contributed by atoms with Gasteiger partial charge in [0.2, 0.25) is 0 Å². The zero-order valence-corrected chi connectivity index (χ0v) is 13.5. The summed E-state index contributed by atoms with van der Waals surface area (Å²) < 4.78 is 4.85. The summed E-state index contributed by atoms with van der Waals surface area (Å²) in [4.78, 5) is 14.1. The molecule has 2 atom stereocenters. The molecule has 1 aliphatic rings. The fraction of sp³-hybridized carbons (Fsp3) is 0.350. The van der Waals surface area contributed by atoms with E-state index in [4.69, 9.17) is 4.74 Å². The van der Waals surface area contributed by atoms with Gasteiger partial charge in [-0.15, -0.1) is 0 Å². The van der Waals surface area contributed by atoms with Gasteiger partial charge >= 0.3 is 5.97 Å². The van der Waals surface area contributed by atoms with Gasteiger partial charge in [-0.1, -0.05) is 60.7 Å². The summed E-state index contributed by atoms with van der Waals surface area (Å²) in [6.07, 6.45) is 1.49. The van der Waals surface area contributed by atoms with Gasteiger partial charge in [-0.3, -0.25) is 9.69 Å². The van der Waals surface area contributed by atoms with E-state index in [0.717, 1.165) is 19.5 Å². The van der Waals surface area contributed by atoms with Gasteiger partial charge in [-0.2, -0.15) is 0 Å². The molecular formula is C20H23NO2. The molecule has 0 N–H and O–H groups in total. The zero-order valence-electron chi connectivity index (χ0n) is 13.5. The molecule has 2 aromatic rings. The van der Waals surface area contributed by atoms with E-state index >= 15 is 0 Å². The smallest absolute Gasteiger partial charge is 0.305 e. The summed E-state index contributed by atoms with van der Waals surface area (Å²) >= 11 is 0. The van der Waals surface area contributed by atoms with Crippen LogP contribution in [0.1, 0.15) is 17.5 Å². The third-order valence-corrected chi connectivity index (χ3v) is 4.65. The first-order chi connectivity index (χ1) is 11.3. The predicted octanol–water partition coefficient (Wildman–Crippen LogP) is 3.29. The van der Waals surface area contributed by atoms with Crippen molar-refractivity contribution in [3.05, 3.63) is 71.8 Å². The van der Waals surface area contributed by atoms with Crippen molar-refractivity contribution in [2.24, 2.45) is 5.92 Å². The van der Waals surface area contributed by atoms with E-state index in [1.807, 2.05) is 12.1 Å². The Morgan fingerprint density at radius 3 is 2.26 bits per heavy atom. The molecule has 3 heteroatoms. The summed E-state index contributed by atoms with van der Waals surface area (Å²) in [5.41, 5.74) is 2.65. The Hall–Kier alpha value is -2.13. The van der Waals surface area contributed by atoms with Crippen LogP contribution in [0.3, 0.4) is 0 Å². The average Bonchev–Trinajstić information content (AvgIpc) is 2.60. The van der Waals surface area contributed by atoms with Gasteiger partial charge in [0, 0.05) is 19.1 Å². The lowest BCUT2D eigenvalue weighted by molar-refractivity contribution is -0.144. The molecule has 3 rings (SSSR count).